The van der Waals surface area contributed by atoms with E-state index in [-0.39, 0.29) is 11.9 Å². The van der Waals surface area contributed by atoms with E-state index in [0.29, 0.717) is 34.9 Å². The normalized spacial score (nSPS) is 11.4. The van der Waals surface area contributed by atoms with Crippen molar-refractivity contribution >= 4 is 11.7 Å². The first-order valence-electron chi connectivity index (χ1n) is 10.7. The molecule has 0 saturated carbocycles. The molecule has 4 aromatic rings. The number of hydrogen-bond acceptors (Lipinski definition) is 6. The van der Waals surface area contributed by atoms with Crippen LogP contribution < -0.4 is 15.8 Å². The van der Waals surface area contributed by atoms with E-state index >= 15 is 0 Å². The monoisotopic (exact) mass is 452 g/mol. The molecule has 0 saturated heterocycles. The van der Waals surface area contributed by atoms with Crippen LogP contribution in [0.4, 0.5) is 5.82 Å². The summed E-state index contributed by atoms with van der Waals surface area (Å²) in [6, 6.07) is 20.4. The Kier molecular flexibility index (Phi) is 6.55. The van der Waals surface area contributed by atoms with E-state index < -0.39 is 0 Å². The van der Waals surface area contributed by atoms with Crippen molar-refractivity contribution in [3.8, 4) is 23.1 Å². The highest BCUT2D eigenvalue weighted by Gasteiger charge is 2.21. The predicted octanol–water partition coefficient (Wildman–Crippen LogP) is 3.95. The van der Waals surface area contributed by atoms with Crippen molar-refractivity contribution in [2.45, 2.75) is 19.5 Å². The van der Waals surface area contributed by atoms with Gasteiger partial charge in [0.05, 0.1) is 18.7 Å². The molecule has 4 rings (SSSR count). The summed E-state index contributed by atoms with van der Waals surface area (Å²) >= 11 is 0. The van der Waals surface area contributed by atoms with E-state index in [2.05, 4.69) is 21.5 Å². The third-order valence-electron chi connectivity index (χ3n) is 5.63. The van der Waals surface area contributed by atoms with Crippen molar-refractivity contribution in [1.29, 1.82) is 5.26 Å². The summed E-state index contributed by atoms with van der Waals surface area (Å²) in [4.78, 5) is 16.7. The Hall–Kier alpha value is -4.64. The lowest BCUT2D eigenvalue weighted by molar-refractivity contribution is 0.0948. The van der Waals surface area contributed by atoms with Crippen molar-refractivity contribution in [1.82, 2.24) is 20.1 Å². The Morgan fingerprint density at radius 2 is 1.94 bits per heavy atom. The van der Waals surface area contributed by atoms with Crippen molar-refractivity contribution in [3.63, 3.8) is 0 Å². The van der Waals surface area contributed by atoms with E-state index in [1.165, 1.54) is 7.11 Å². The SMILES string of the molecule is COc1ccccc1C(=O)NCc1ccc(-c2nn(C(C)c3cccnc3)c(N)c2C#N)cc1. The van der Waals surface area contributed by atoms with Gasteiger partial charge in [0.2, 0.25) is 0 Å². The van der Waals surface area contributed by atoms with E-state index in [0.717, 1.165) is 16.7 Å². The van der Waals surface area contributed by atoms with Crippen LogP contribution in [0.2, 0.25) is 0 Å². The van der Waals surface area contributed by atoms with Crippen LogP contribution in [0.5, 0.6) is 5.75 Å². The largest absolute Gasteiger partial charge is 0.496 e. The molecule has 8 heteroatoms. The number of carbonyl (C=O) groups is 1. The number of hydrogen-bond donors (Lipinski definition) is 2. The van der Waals surface area contributed by atoms with Gasteiger partial charge < -0.3 is 15.8 Å². The number of para-hydroxylation sites is 1. The molecule has 34 heavy (non-hydrogen) atoms. The molecule has 1 amide bonds. The molecule has 0 bridgehead atoms. The Bertz CT molecular complexity index is 1340. The number of ether oxygens (including phenoxy) is 1. The molecule has 0 aliphatic rings. The standard InChI is InChI=1S/C26H24N6O2/c1-17(20-6-5-13-29-16-20)32-25(28)22(14-27)24(31-32)19-11-9-18(10-12-19)15-30-26(33)21-7-3-4-8-23(21)34-2/h3-13,16-17H,15,28H2,1-2H3,(H,30,33). The second-order valence-corrected chi connectivity index (χ2v) is 7.71. The Morgan fingerprint density at radius 1 is 1.18 bits per heavy atom. The van der Waals surface area contributed by atoms with Crippen molar-refractivity contribution < 1.29 is 9.53 Å². The van der Waals surface area contributed by atoms with Gasteiger partial charge in [0.1, 0.15) is 28.9 Å². The van der Waals surface area contributed by atoms with Crippen LogP contribution in [0.25, 0.3) is 11.3 Å². The summed E-state index contributed by atoms with van der Waals surface area (Å²) in [5.74, 6) is 0.610. The second-order valence-electron chi connectivity index (χ2n) is 7.71. The molecule has 3 N–H and O–H groups in total. The highest BCUT2D eigenvalue weighted by molar-refractivity contribution is 5.96. The number of anilines is 1. The van der Waals surface area contributed by atoms with Crippen molar-refractivity contribution in [2.24, 2.45) is 0 Å². The van der Waals surface area contributed by atoms with Crippen LogP contribution in [-0.4, -0.2) is 27.8 Å². The zero-order valence-corrected chi connectivity index (χ0v) is 18.9. The Labute approximate surface area is 197 Å². The molecule has 1 atom stereocenters. The van der Waals surface area contributed by atoms with Crippen LogP contribution in [0, 0.1) is 11.3 Å². The van der Waals surface area contributed by atoms with Crippen molar-refractivity contribution in [3.05, 3.63) is 95.3 Å². The number of nitrogen functional groups attached to an aromatic ring is 1. The van der Waals surface area contributed by atoms with Gasteiger partial charge in [0.25, 0.3) is 5.91 Å². The average Bonchev–Trinajstić information content (AvgIpc) is 3.23. The summed E-state index contributed by atoms with van der Waals surface area (Å²) in [6.07, 6.45) is 3.46. The maximum absolute atomic E-state index is 12.5. The first-order chi connectivity index (χ1) is 16.5. The second kappa shape index (κ2) is 9.88. The average molecular weight is 453 g/mol. The van der Waals surface area contributed by atoms with Gasteiger partial charge in [-0.1, -0.05) is 42.5 Å². The molecular formula is C26H24N6O2. The van der Waals surface area contributed by atoms with Gasteiger partial charge >= 0.3 is 0 Å². The molecule has 2 aromatic carbocycles. The number of nitriles is 1. The number of aromatic nitrogens is 3. The molecule has 170 valence electrons. The van der Waals surface area contributed by atoms with Crippen molar-refractivity contribution in [2.75, 3.05) is 12.8 Å². The molecule has 0 aliphatic carbocycles. The maximum atomic E-state index is 12.5. The van der Waals surface area contributed by atoms with Gasteiger partial charge in [-0.05, 0) is 36.2 Å². The van der Waals surface area contributed by atoms with E-state index in [4.69, 9.17) is 10.5 Å². The molecule has 8 nitrogen and oxygen atoms in total. The van der Waals surface area contributed by atoms with Crippen LogP contribution in [0.3, 0.4) is 0 Å². The van der Waals surface area contributed by atoms with Gasteiger partial charge in [-0.3, -0.25) is 9.78 Å². The van der Waals surface area contributed by atoms with Crippen LogP contribution in [-0.2, 0) is 6.54 Å². The minimum atomic E-state index is -0.218. The minimum absolute atomic E-state index is 0.181. The first kappa shape index (κ1) is 22.6. The number of nitrogens with one attached hydrogen (secondary N) is 1. The highest BCUT2D eigenvalue weighted by Crippen LogP contribution is 2.30. The molecular weight excluding hydrogens is 428 g/mol. The zero-order valence-electron chi connectivity index (χ0n) is 18.9. The van der Waals surface area contributed by atoms with E-state index in [9.17, 15) is 10.1 Å². The number of rotatable bonds is 7. The van der Waals surface area contributed by atoms with Crippen LogP contribution in [0.15, 0.2) is 73.1 Å². The van der Waals surface area contributed by atoms with Gasteiger partial charge in [0.15, 0.2) is 0 Å². The fraction of sp³-hybridized carbons (Fsp3) is 0.154. The van der Waals surface area contributed by atoms with Gasteiger partial charge in [-0.2, -0.15) is 10.4 Å². The predicted molar refractivity (Wildman–Crippen MR) is 129 cm³/mol. The van der Waals surface area contributed by atoms with Gasteiger partial charge in [0, 0.05) is 24.5 Å². The fourth-order valence-corrected chi connectivity index (χ4v) is 3.71. The number of nitrogens with two attached hydrogens (primary N) is 1. The summed E-state index contributed by atoms with van der Waals surface area (Å²) in [5, 5.41) is 17.3. The fourth-order valence-electron chi connectivity index (χ4n) is 3.71. The number of methoxy groups -OCH3 is 1. The molecule has 0 fully saturated rings. The minimum Gasteiger partial charge on any atom is -0.496 e. The van der Waals surface area contributed by atoms with E-state index in [1.807, 2.05) is 49.4 Å². The number of nitrogens with zero attached hydrogens (tertiary/aromatic N) is 4. The summed E-state index contributed by atoms with van der Waals surface area (Å²) in [7, 11) is 1.53. The van der Waals surface area contributed by atoms with E-state index in [1.54, 1.807) is 35.3 Å². The number of pyridine rings is 1. The number of benzene rings is 2. The molecule has 1 unspecified atom stereocenters. The summed E-state index contributed by atoms with van der Waals surface area (Å²) in [6.45, 7) is 2.30. The van der Waals surface area contributed by atoms with Crippen LogP contribution >= 0.6 is 0 Å². The lowest BCUT2D eigenvalue weighted by atomic mass is 10.1. The number of carbonyl (C=O) groups excluding carboxylic acids is 1. The Balaban J connectivity index is 1.53. The smallest absolute Gasteiger partial charge is 0.255 e. The molecule has 0 spiro atoms. The van der Waals surface area contributed by atoms with Gasteiger partial charge in [-0.25, -0.2) is 4.68 Å². The quantitative estimate of drug-likeness (QED) is 0.438. The zero-order chi connectivity index (χ0) is 24.1. The third kappa shape index (κ3) is 4.45. The highest BCUT2D eigenvalue weighted by atomic mass is 16.5. The third-order valence-corrected chi connectivity index (χ3v) is 5.63. The molecule has 0 aliphatic heterocycles. The van der Waals surface area contributed by atoms with Gasteiger partial charge in [-0.15, -0.1) is 0 Å². The molecule has 2 heterocycles. The van der Waals surface area contributed by atoms with Crippen LogP contribution in [0.1, 0.15) is 40.0 Å². The molecule has 0 radical (unpaired) electrons. The topological polar surface area (TPSA) is 119 Å². The summed E-state index contributed by atoms with van der Waals surface area (Å²) in [5.41, 5.74) is 10.2. The Morgan fingerprint density at radius 3 is 2.62 bits per heavy atom. The first-order valence-corrected chi connectivity index (χ1v) is 10.7. The molecule has 2 aromatic heterocycles. The lowest BCUT2D eigenvalue weighted by Crippen LogP contribution is -2.23. The summed E-state index contributed by atoms with van der Waals surface area (Å²) < 4.78 is 6.90. The lowest BCUT2D eigenvalue weighted by Gasteiger charge is -2.13. The number of amides is 1. The maximum Gasteiger partial charge on any atom is 0.255 e.